The summed E-state index contributed by atoms with van der Waals surface area (Å²) in [7, 11) is 0. The van der Waals surface area contributed by atoms with Crippen molar-refractivity contribution in [2.45, 2.75) is 64.3 Å². The first kappa shape index (κ1) is 24.0. The minimum absolute atomic E-state index is 0.0837. The van der Waals surface area contributed by atoms with Crippen molar-refractivity contribution in [1.29, 1.82) is 0 Å². The van der Waals surface area contributed by atoms with Crippen LogP contribution in [-0.2, 0) is 29.0 Å². The fourth-order valence-corrected chi connectivity index (χ4v) is 4.72. The van der Waals surface area contributed by atoms with Crippen LogP contribution < -0.4 is 5.32 Å². The monoisotopic (exact) mass is 460 g/mol. The quantitative estimate of drug-likeness (QED) is 0.453. The average Bonchev–Trinajstić information content (AvgIpc) is 3.01. The summed E-state index contributed by atoms with van der Waals surface area (Å²) in [6.07, 6.45) is 8.03. The normalized spacial score (nSPS) is 14.2. The Bertz CT molecular complexity index is 1070. The Morgan fingerprint density at radius 3 is 2.38 bits per heavy atom. The summed E-state index contributed by atoms with van der Waals surface area (Å²) in [4.78, 5) is 31.9. The second-order valence-electron chi connectivity index (χ2n) is 9.15. The highest BCUT2D eigenvalue weighted by molar-refractivity contribution is 5.78. The molecule has 3 aromatic rings. The van der Waals surface area contributed by atoms with Gasteiger partial charge in [-0.2, -0.15) is 0 Å². The molecule has 0 saturated carbocycles. The van der Waals surface area contributed by atoms with Gasteiger partial charge in [0.25, 0.3) is 0 Å². The molecule has 1 aromatic heterocycles. The van der Waals surface area contributed by atoms with Crippen molar-refractivity contribution in [2.24, 2.45) is 0 Å². The van der Waals surface area contributed by atoms with E-state index < -0.39 is 0 Å². The van der Waals surface area contributed by atoms with E-state index in [9.17, 15) is 9.59 Å². The number of imidazole rings is 1. The third-order valence-electron chi connectivity index (χ3n) is 6.62. The Balaban J connectivity index is 1.29. The molecule has 0 spiro atoms. The molecule has 1 aliphatic rings. The number of hydrogen-bond acceptors (Lipinski definition) is 3. The van der Waals surface area contributed by atoms with Crippen molar-refractivity contribution in [3.63, 3.8) is 0 Å². The summed E-state index contributed by atoms with van der Waals surface area (Å²) in [5, 5.41) is 3.04. The van der Waals surface area contributed by atoms with Crippen molar-refractivity contribution in [2.75, 3.05) is 19.6 Å². The van der Waals surface area contributed by atoms with E-state index >= 15 is 0 Å². The number of nitrogens with zero attached hydrogens (tertiary/aromatic N) is 3. The number of rotatable bonds is 10. The lowest BCUT2D eigenvalue weighted by Crippen LogP contribution is -2.32. The molecule has 1 fully saturated rings. The van der Waals surface area contributed by atoms with E-state index in [4.69, 9.17) is 4.98 Å². The average molecular weight is 461 g/mol. The molecule has 6 nitrogen and oxygen atoms in total. The van der Waals surface area contributed by atoms with Gasteiger partial charge in [0.2, 0.25) is 11.8 Å². The fraction of sp³-hybridized carbons (Fsp3) is 0.464. The zero-order valence-electron chi connectivity index (χ0n) is 20.0. The molecule has 2 heterocycles. The Kier molecular flexibility index (Phi) is 8.71. The number of aromatic nitrogens is 2. The molecule has 4 rings (SSSR count). The van der Waals surface area contributed by atoms with Gasteiger partial charge in [0.1, 0.15) is 5.82 Å². The maximum atomic E-state index is 12.8. The summed E-state index contributed by atoms with van der Waals surface area (Å²) >= 11 is 0. The molecular formula is C28H36N4O2. The number of amides is 2. The van der Waals surface area contributed by atoms with Crippen LogP contribution in [0.15, 0.2) is 54.6 Å². The van der Waals surface area contributed by atoms with Gasteiger partial charge in [-0.3, -0.25) is 9.59 Å². The molecule has 0 bridgehead atoms. The van der Waals surface area contributed by atoms with Crippen molar-refractivity contribution in [3.8, 4) is 0 Å². The van der Waals surface area contributed by atoms with Gasteiger partial charge >= 0.3 is 0 Å². The van der Waals surface area contributed by atoms with Gasteiger partial charge in [0.15, 0.2) is 0 Å². The lowest BCUT2D eigenvalue weighted by molar-refractivity contribution is -0.131. The molecule has 0 aliphatic carbocycles. The van der Waals surface area contributed by atoms with Crippen LogP contribution in [0.3, 0.4) is 0 Å². The highest BCUT2D eigenvalue weighted by atomic mass is 16.2. The van der Waals surface area contributed by atoms with Gasteiger partial charge in [-0.1, -0.05) is 55.3 Å². The van der Waals surface area contributed by atoms with Gasteiger partial charge in [0, 0.05) is 45.4 Å². The molecular weight excluding hydrogens is 424 g/mol. The lowest BCUT2D eigenvalue weighted by atomic mass is 10.1. The minimum Gasteiger partial charge on any atom is -0.356 e. The number of likely N-dealkylation sites (tertiary alicyclic amines) is 1. The highest BCUT2D eigenvalue weighted by Gasteiger charge is 2.17. The van der Waals surface area contributed by atoms with Crippen molar-refractivity contribution < 1.29 is 9.59 Å². The van der Waals surface area contributed by atoms with E-state index in [-0.39, 0.29) is 11.8 Å². The first-order valence-corrected chi connectivity index (χ1v) is 12.7. The number of carbonyl (C=O) groups excluding carboxylic acids is 2. The van der Waals surface area contributed by atoms with Gasteiger partial charge in [-0.25, -0.2) is 4.98 Å². The Hall–Kier alpha value is -3.15. The standard InChI is InChI=1S/C28H36N4O2/c33-27(17-16-23-11-4-3-5-12-23)29-19-10-15-26-30-24-13-6-7-14-25(24)32(26)22-18-28(34)31-20-8-1-2-9-21-31/h3-7,11-14H,1-2,8-10,15-22H2,(H,29,33). The number of nitrogens with one attached hydrogen (secondary N) is 1. The first-order valence-electron chi connectivity index (χ1n) is 12.7. The Morgan fingerprint density at radius 1 is 0.853 bits per heavy atom. The third-order valence-corrected chi connectivity index (χ3v) is 6.62. The highest BCUT2D eigenvalue weighted by Crippen LogP contribution is 2.19. The molecule has 1 saturated heterocycles. The molecule has 2 amide bonds. The smallest absolute Gasteiger partial charge is 0.224 e. The van der Waals surface area contributed by atoms with Crippen molar-refractivity contribution in [1.82, 2.24) is 19.8 Å². The topological polar surface area (TPSA) is 67.2 Å². The van der Waals surface area contributed by atoms with Crippen LogP contribution in [0.4, 0.5) is 0 Å². The van der Waals surface area contributed by atoms with Gasteiger partial charge < -0.3 is 14.8 Å². The molecule has 1 aliphatic heterocycles. The maximum absolute atomic E-state index is 12.8. The van der Waals surface area contributed by atoms with Gasteiger partial charge in [-0.05, 0) is 43.4 Å². The van der Waals surface area contributed by atoms with E-state index in [1.165, 1.54) is 18.4 Å². The molecule has 6 heteroatoms. The molecule has 2 aromatic carbocycles. The van der Waals surface area contributed by atoms with Crippen molar-refractivity contribution in [3.05, 3.63) is 66.0 Å². The Labute approximate surface area is 202 Å². The summed E-state index contributed by atoms with van der Waals surface area (Å²) in [5.41, 5.74) is 3.22. The van der Waals surface area contributed by atoms with Crippen LogP contribution in [-0.4, -0.2) is 45.9 Å². The number of para-hydroxylation sites is 2. The number of aryl methyl sites for hydroxylation is 3. The maximum Gasteiger partial charge on any atom is 0.224 e. The second kappa shape index (κ2) is 12.4. The van der Waals surface area contributed by atoms with E-state index in [0.29, 0.717) is 25.9 Å². The third kappa shape index (κ3) is 6.69. The van der Waals surface area contributed by atoms with Gasteiger partial charge in [0.05, 0.1) is 11.0 Å². The molecule has 0 atom stereocenters. The van der Waals surface area contributed by atoms with E-state index in [0.717, 1.165) is 62.1 Å². The number of carbonyl (C=O) groups is 2. The summed E-state index contributed by atoms with van der Waals surface area (Å²) < 4.78 is 2.20. The molecule has 0 unspecified atom stereocenters. The number of hydrogen-bond donors (Lipinski definition) is 1. The van der Waals surface area contributed by atoms with Crippen LogP contribution in [0.2, 0.25) is 0 Å². The molecule has 34 heavy (non-hydrogen) atoms. The van der Waals surface area contributed by atoms with Crippen LogP contribution in [0.25, 0.3) is 11.0 Å². The van der Waals surface area contributed by atoms with Crippen LogP contribution in [0.5, 0.6) is 0 Å². The number of benzene rings is 2. The second-order valence-corrected chi connectivity index (χ2v) is 9.15. The molecule has 180 valence electrons. The van der Waals surface area contributed by atoms with E-state index in [1.54, 1.807) is 0 Å². The predicted octanol–water partition coefficient (Wildman–Crippen LogP) is 4.51. The largest absolute Gasteiger partial charge is 0.356 e. The molecule has 1 N–H and O–H groups in total. The van der Waals surface area contributed by atoms with Crippen LogP contribution in [0.1, 0.15) is 56.3 Å². The first-order chi connectivity index (χ1) is 16.7. The fourth-order valence-electron chi connectivity index (χ4n) is 4.72. The Morgan fingerprint density at radius 2 is 1.59 bits per heavy atom. The number of fused-ring (bicyclic) bond motifs is 1. The minimum atomic E-state index is 0.0837. The predicted molar refractivity (Wildman–Crippen MR) is 135 cm³/mol. The van der Waals surface area contributed by atoms with Crippen LogP contribution >= 0.6 is 0 Å². The summed E-state index contributed by atoms with van der Waals surface area (Å²) in [6.45, 7) is 3.05. The summed E-state index contributed by atoms with van der Waals surface area (Å²) in [6, 6.07) is 18.2. The molecule has 0 radical (unpaired) electrons. The zero-order chi connectivity index (χ0) is 23.6. The SMILES string of the molecule is O=C(CCc1ccccc1)NCCCc1nc2ccccc2n1CCC(=O)N1CCCCCC1. The van der Waals surface area contributed by atoms with Crippen LogP contribution in [0, 0.1) is 0 Å². The summed E-state index contributed by atoms with van der Waals surface area (Å²) in [5.74, 6) is 1.32. The van der Waals surface area contributed by atoms with Crippen molar-refractivity contribution >= 4 is 22.8 Å². The lowest BCUT2D eigenvalue weighted by Gasteiger charge is -2.20. The van der Waals surface area contributed by atoms with E-state index in [2.05, 4.69) is 28.1 Å². The zero-order valence-corrected chi connectivity index (χ0v) is 20.0. The van der Waals surface area contributed by atoms with E-state index in [1.807, 2.05) is 41.3 Å². The van der Waals surface area contributed by atoms with Gasteiger partial charge in [-0.15, -0.1) is 0 Å².